The summed E-state index contributed by atoms with van der Waals surface area (Å²) in [5, 5.41) is 72.0. The topological polar surface area (TPSA) is 257 Å². The van der Waals surface area contributed by atoms with Gasteiger partial charge in [-0.3, -0.25) is 4.79 Å². The third-order valence-electron chi connectivity index (χ3n) is 22.6. The molecular weight excluding hydrogens is 1930 g/mol. The molecule has 0 radical (unpaired) electrons. The van der Waals surface area contributed by atoms with Gasteiger partial charge in [0, 0.05) is 80.6 Å². The molecule has 31 heteroatoms. The lowest BCUT2D eigenvalue weighted by Gasteiger charge is -2.26. The number of benzene rings is 14. The minimum atomic E-state index is -0.920. The van der Waals surface area contributed by atoms with Crippen molar-refractivity contribution in [1.29, 1.82) is 21.0 Å². The van der Waals surface area contributed by atoms with Gasteiger partial charge < -0.3 is 42.6 Å². The summed E-state index contributed by atoms with van der Waals surface area (Å²) in [6.07, 6.45) is 17.5. The fourth-order valence-electron chi connectivity index (χ4n) is 15.1. The van der Waals surface area contributed by atoms with Crippen molar-refractivity contribution < 1.29 is 27.1 Å². The number of halogens is 9. The summed E-state index contributed by atoms with van der Waals surface area (Å²) in [6, 6.07) is 103. The molecule has 0 N–H and O–H groups in total. The number of carbonyl (C=O) groups is 1. The average molecular weight is 2020 g/mol. The maximum absolute atomic E-state index is 14.7. The number of hydrogen-bond acceptors (Lipinski definition) is 18. The fraction of sp³-hybridized carbons (Fsp3) is 0.114. The van der Waals surface area contributed by atoms with E-state index in [9.17, 15) is 22.4 Å². The van der Waals surface area contributed by atoms with Crippen LogP contribution in [0.15, 0.2) is 347 Å². The van der Waals surface area contributed by atoms with Crippen LogP contribution in [0.2, 0.25) is 25.1 Å². The van der Waals surface area contributed by atoms with Gasteiger partial charge >= 0.3 is 0 Å². The van der Waals surface area contributed by atoms with Crippen LogP contribution < -0.4 is 24.3 Å². The summed E-state index contributed by atoms with van der Waals surface area (Å²) >= 11 is 31.8. The molecule has 0 saturated heterocycles. The number of anilines is 5. The van der Waals surface area contributed by atoms with E-state index in [0.29, 0.717) is 128 Å². The Hall–Kier alpha value is -17.4. The first-order chi connectivity index (χ1) is 69.6. The van der Waals surface area contributed by atoms with Crippen LogP contribution in [0.3, 0.4) is 0 Å². The highest BCUT2D eigenvalue weighted by Crippen LogP contribution is 2.39. The molecule has 145 heavy (non-hydrogen) atoms. The van der Waals surface area contributed by atoms with Gasteiger partial charge in [-0.1, -0.05) is 218 Å². The number of rotatable bonds is 31. The molecule has 18 aromatic rings. The highest BCUT2D eigenvalue weighted by Gasteiger charge is 2.25. The summed E-state index contributed by atoms with van der Waals surface area (Å²) in [7, 11) is 0. The summed E-state index contributed by atoms with van der Waals surface area (Å²) < 4.78 is 70.5. The lowest BCUT2D eigenvalue weighted by Crippen LogP contribution is -2.25. The van der Waals surface area contributed by atoms with Crippen LogP contribution >= 0.6 is 58.0 Å². The van der Waals surface area contributed by atoms with Gasteiger partial charge in [0.2, 0.25) is 0 Å². The predicted molar refractivity (Wildman–Crippen MR) is 559 cm³/mol. The van der Waals surface area contributed by atoms with Crippen molar-refractivity contribution in [3.05, 3.63) is 502 Å². The van der Waals surface area contributed by atoms with Gasteiger partial charge in [-0.05, 0) is 215 Å². The summed E-state index contributed by atoms with van der Waals surface area (Å²) in [6.45, 7) is 4.41. The molecule has 4 heterocycles. The molecule has 0 atom stereocenters. The molecule has 720 valence electrons. The molecule has 0 amide bonds. The zero-order valence-electron chi connectivity index (χ0n) is 76.0. The summed E-state index contributed by atoms with van der Waals surface area (Å²) in [4.78, 5) is 20.6. The number of para-hydroxylation sites is 1. The number of terminal acetylenes is 2. The van der Waals surface area contributed by atoms with Gasteiger partial charge in [-0.2, -0.15) is 21.0 Å². The van der Waals surface area contributed by atoms with Crippen molar-refractivity contribution in [3.8, 4) is 60.5 Å². The van der Waals surface area contributed by atoms with Gasteiger partial charge in [0.15, 0.2) is 40.7 Å². The maximum Gasteiger partial charge on any atom is 0.193 e. The largest absolute Gasteiger partial charge is 0.457 e. The van der Waals surface area contributed by atoms with E-state index in [1.54, 1.807) is 133 Å². The quantitative estimate of drug-likeness (QED) is 0.0169. The van der Waals surface area contributed by atoms with Gasteiger partial charge in [0.25, 0.3) is 0 Å². The highest BCUT2D eigenvalue weighted by atomic mass is 35.5. The van der Waals surface area contributed by atoms with Gasteiger partial charge in [0.05, 0.1) is 125 Å². The molecule has 22 nitrogen and oxygen atoms in total. The molecule has 0 saturated carbocycles. The van der Waals surface area contributed by atoms with Crippen molar-refractivity contribution in [2.75, 3.05) is 19.6 Å². The van der Waals surface area contributed by atoms with Crippen molar-refractivity contribution in [1.82, 2.24) is 59.1 Å². The normalized spacial score (nSPS) is 10.4. The van der Waals surface area contributed by atoms with Crippen molar-refractivity contribution in [3.63, 3.8) is 0 Å². The van der Waals surface area contributed by atoms with E-state index >= 15 is 0 Å². The average Bonchev–Trinajstić information content (AvgIpc) is 1.80. The molecule has 0 fully saturated rings. The van der Waals surface area contributed by atoms with Crippen molar-refractivity contribution in [2.24, 2.45) is 0 Å². The molecule has 18 rings (SSSR count). The van der Waals surface area contributed by atoms with E-state index < -0.39 is 23.3 Å². The van der Waals surface area contributed by atoms with E-state index in [-0.39, 0.29) is 46.0 Å². The number of carbonyl (C=O) groups excluding carboxylic acids is 1. The Balaban J connectivity index is 0.000000161. The molecular formula is C114H89Cl5F4N20O2. The van der Waals surface area contributed by atoms with Gasteiger partial charge in [0.1, 0.15) is 48.4 Å². The predicted octanol–water partition coefficient (Wildman–Crippen LogP) is 25.8. The standard InChI is InChI=1S/C31H23F2N5O.C29H21Cl2N5O.C26H18Cl3N5.C26H19F2N5.2CH4/c32-27-13-10-26(29(33)16-27)19-37(28-14-11-25(12-15-28)31(39)24-4-2-1-3-5-24)20-30-36-35-21-38(30)18-23-8-6-22(17-34)7-9-23;30-23-14-24(31)16-26(15-23)36(25-10-12-28(13-11-25)37-27-4-2-1-3-5-27)19-29-34-33-20-35(29)18-22-8-6-21(17-32)7-9-22;1-2-18-3-7-20(8-4-18)14-33(25-12-23(28)22(27)11-24(25)29)16-26-32-31-17-34(26)15-21-9-5-19(13-30)6-10-21;1-2-19-6-10-21(11-7-19)15-32(24-5-3-4-23(27)26(24)28)17-25-31-30-18-33(25)16-22-12-8-20(14-29)9-13-22;;/h1-16,21H,18-20H2;1-16,20H,18-19H2;1,3-12,17H,14-16H2;1,3-13,18H,15-17H2;2*1H4. The smallest absolute Gasteiger partial charge is 0.193 e. The number of ether oxygens (including phenoxy) is 1. The summed E-state index contributed by atoms with van der Waals surface area (Å²) in [5.41, 5.74) is 14.6. The SMILES string of the molecule is C.C.C#Cc1ccc(CN(Cc2nncn2Cc2ccc(C#N)cc2)c2cc(Cl)c(Cl)cc2Cl)cc1.C#Cc1ccc(CN(Cc2nncn2Cc2ccc(C#N)cc2)c2cccc(F)c2F)cc1.N#Cc1ccc(Cn2cnnc2CN(Cc2ccc(F)cc2F)c2ccc(C(=O)c3ccccc3)cc2)cc1.N#Cc1ccc(Cn2cnnc2CN(c2ccc(Oc3ccccc3)cc2)c2cc(Cl)cc(Cl)c2)cc1. The van der Waals surface area contributed by atoms with Crippen LogP contribution in [0.25, 0.3) is 0 Å². The summed E-state index contributed by atoms with van der Waals surface area (Å²) in [5.74, 6) is 6.18. The Bertz CT molecular complexity index is 7670. The Morgan fingerprint density at radius 2 is 0.710 bits per heavy atom. The minimum Gasteiger partial charge on any atom is -0.457 e. The van der Waals surface area contributed by atoms with Gasteiger partial charge in [-0.25, -0.2) is 17.6 Å². The first-order valence-electron chi connectivity index (χ1n) is 44.2. The zero-order valence-corrected chi connectivity index (χ0v) is 79.8. The maximum atomic E-state index is 14.7. The molecule has 0 unspecified atom stereocenters. The molecule has 0 aliphatic carbocycles. The first-order valence-corrected chi connectivity index (χ1v) is 46.1. The van der Waals surface area contributed by atoms with E-state index in [1.165, 1.54) is 24.3 Å². The van der Waals surface area contributed by atoms with Crippen LogP contribution in [-0.4, -0.2) is 64.8 Å². The number of nitrogens with zero attached hydrogens (tertiary/aromatic N) is 20. The van der Waals surface area contributed by atoms with Crippen molar-refractivity contribution >= 4 is 92.2 Å². The van der Waals surface area contributed by atoms with E-state index in [4.69, 9.17) is 96.6 Å². The Labute approximate surface area is 862 Å². The third-order valence-corrected chi connectivity index (χ3v) is 24.1. The van der Waals surface area contributed by atoms with E-state index in [0.717, 1.165) is 103 Å². The monoisotopic (exact) mass is 2020 g/mol. The molecule has 4 aromatic heterocycles. The highest BCUT2D eigenvalue weighted by molar-refractivity contribution is 6.44. The second-order valence-electron chi connectivity index (χ2n) is 32.4. The van der Waals surface area contributed by atoms with Crippen LogP contribution in [0.1, 0.15) is 126 Å². The van der Waals surface area contributed by atoms with E-state index in [1.807, 2.05) is 205 Å². The number of hydrogen-bond donors (Lipinski definition) is 0. The number of nitriles is 4. The molecule has 0 bridgehead atoms. The fourth-order valence-corrected chi connectivity index (χ4v) is 16.3. The third kappa shape index (κ3) is 28.7. The Morgan fingerprint density at radius 3 is 1.14 bits per heavy atom. The second kappa shape index (κ2) is 51.1. The second-order valence-corrected chi connectivity index (χ2v) is 34.5. The Morgan fingerprint density at radius 1 is 0.331 bits per heavy atom. The van der Waals surface area contributed by atoms with Crippen LogP contribution in [0.5, 0.6) is 11.5 Å². The number of ketones is 1. The molecule has 0 aliphatic rings. The van der Waals surface area contributed by atoms with Crippen LogP contribution in [0, 0.1) is 93.3 Å². The molecule has 0 aliphatic heterocycles. The van der Waals surface area contributed by atoms with Crippen LogP contribution in [0.4, 0.5) is 46.0 Å². The lowest BCUT2D eigenvalue weighted by atomic mass is 10.0. The minimum absolute atomic E-state index is 0. The lowest BCUT2D eigenvalue weighted by molar-refractivity contribution is 0.103. The van der Waals surface area contributed by atoms with Crippen molar-refractivity contribution in [2.45, 2.75) is 86.8 Å². The number of aromatic nitrogens is 12. The van der Waals surface area contributed by atoms with Gasteiger partial charge in [-0.15, -0.1) is 53.6 Å². The molecule has 0 spiro atoms. The zero-order chi connectivity index (χ0) is 100. The molecule has 14 aromatic carbocycles. The van der Waals surface area contributed by atoms with Crippen LogP contribution in [-0.2, 0) is 72.0 Å². The van der Waals surface area contributed by atoms with E-state index in [2.05, 4.69) is 86.7 Å². The Kier molecular flexibility index (Phi) is 37.0. The first kappa shape index (κ1) is 105.